The molecule has 0 unspecified atom stereocenters. The summed E-state index contributed by atoms with van der Waals surface area (Å²) in [7, 11) is 1.63. The van der Waals surface area contributed by atoms with Gasteiger partial charge in [-0.15, -0.1) is 0 Å². The van der Waals surface area contributed by atoms with Crippen molar-refractivity contribution in [2.24, 2.45) is 0 Å². The molecule has 0 spiro atoms. The van der Waals surface area contributed by atoms with E-state index in [0.717, 1.165) is 38.2 Å². The Hall–Kier alpha value is -3.04. The van der Waals surface area contributed by atoms with Gasteiger partial charge in [0.15, 0.2) is 10.3 Å². The number of amides is 1. The Labute approximate surface area is 182 Å². The third-order valence-electron chi connectivity index (χ3n) is 4.50. The summed E-state index contributed by atoms with van der Waals surface area (Å²) in [6.45, 7) is 3.95. The molecule has 0 radical (unpaired) electrons. The highest BCUT2D eigenvalue weighted by molar-refractivity contribution is 7.99. The number of nitrogens with zero attached hydrogens (tertiary/aromatic N) is 3. The number of thioether (sulfide) groups is 1. The lowest BCUT2D eigenvalue weighted by Gasteiger charge is -2.12. The van der Waals surface area contributed by atoms with Gasteiger partial charge in [-0.05, 0) is 44.2 Å². The van der Waals surface area contributed by atoms with Crippen LogP contribution in [0, 0.1) is 13.8 Å². The highest BCUT2D eigenvalue weighted by Gasteiger charge is 2.15. The number of carbonyl (C=O) groups is 1. The van der Waals surface area contributed by atoms with Gasteiger partial charge in [-0.2, -0.15) is 0 Å². The molecule has 0 fully saturated rings. The first-order chi connectivity index (χ1) is 14.5. The molecule has 0 aliphatic rings. The summed E-state index contributed by atoms with van der Waals surface area (Å²) < 4.78 is 8.11. The minimum Gasteiger partial charge on any atom is -0.497 e. The standard InChI is InChI=1S/C21H21N5O2S2/c1-13-14(2)26(25-15-7-5-4-6-8-15)21(22-13)29-12-19(27)24-20-23-17-10-9-16(28-3)11-18(17)30-20/h4-11,25H,12H2,1-3H3,(H,23,24,27). The van der Waals surface area contributed by atoms with E-state index in [1.165, 1.54) is 23.1 Å². The van der Waals surface area contributed by atoms with Gasteiger partial charge in [0.1, 0.15) is 5.75 Å². The van der Waals surface area contributed by atoms with Gasteiger partial charge in [-0.1, -0.05) is 41.3 Å². The van der Waals surface area contributed by atoms with Crippen LogP contribution in [0.4, 0.5) is 10.8 Å². The van der Waals surface area contributed by atoms with Crippen molar-refractivity contribution in [1.29, 1.82) is 0 Å². The van der Waals surface area contributed by atoms with Gasteiger partial charge >= 0.3 is 0 Å². The maximum atomic E-state index is 12.5. The number of anilines is 2. The molecule has 30 heavy (non-hydrogen) atoms. The highest BCUT2D eigenvalue weighted by Crippen LogP contribution is 2.29. The summed E-state index contributed by atoms with van der Waals surface area (Å²) in [5.41, 5.74) is 7.05. The number of para-hydroxylation sites is 1. The summed E-state index contributed by atoms with van der Waals surface area (Å²) in [5.74, 6) is 0.865. The number of thiazole rings is 1. The van der Waals surface area contributed by atoms with E-state index in [-0.39, 0.29) is 11.7 Å². The van der Waals surface area contributed by atoms with Crippen molar-refractivity contribution in [3.63, 3.8) is 0 Å². The summed E-state index contributed by atoms with van der Waals surface area (Å²) in [5, 5.41) is 4.18. The molecular formula is C21H21N5O2S2. The monoisotopic (exact) mass is 439 g/mol. The fraction of sp³-hybridized carbons (Fsp3) is 0.190. The van der Waals surface area contributed by atoms with E-state index >= 15 is 0 Å². The minimum absolute atomic E-state index is 0.129. The summed E-state index contributed by atoms with van der Waals surface area (Å²) in [4.78, 5) is 21.6. The molecule has 2 aromatic heterocycles. The topological polar surface area (TPSA) is 81.1 Å². The number of benzene rings is 2. The lowest BCUT2D eigenvalue weighted by molar-refractivity contribution is -0.113. The average molecular weight is 440 g/mol. The number of hydrogen-bond donors (Lipinski definition) is 2. The predicted octanol–water partition coefficient (Wildman–Crippen LogP) is 4.72. The molecule has 2 N–H and O–H groups in total. The van der Waals surface area contributed by atoms with E-state index in [1.54, 1.807) is 7.11 Å². The molecule has 0 saturated heterocycles. The van der Waals surface area contributed by atoms with Gasteiger partial charge in [0.05, 0.1) is 40.2 Å². The molecular weight excluding hydrogens is 418 g/mol. The van der Waals surface area contributed by atoms with E-state index in [4.69, 9.17) is 4.74 Å². The molecule has 0 aliphatic carbocycles. The zero-order chi connectivity index (χ0) is 21.1. The maximum absolute atomic E-state index is 12.5. The SMILES string of the molecule is COc1ccc2nc(NC(=O)CSc3nc(C)c(C)n3Nc3ccccc3)sc2c1. The van der Waals surface area contributed by atoms with Crippen LogP contribution < -0.4 is 15.5 Å². The Morgan fingerprint density at radius 2 is 1.97 bits per heavy atom. The van der Waals surface area contributed by atoms with Crippen molar-refractivity contribution in [1.82, 2.24) is 14.6 Å². The van der Waals surface area contributed by atoms with Gasteiger partial charge in [-0.3, -0.25) is 10.2 Å². The second-order valence-electron chi connectivity index (χ2n) is 6.57. The van der Waals surface area contributed by atoms with Crippen LogP contribution in [-0.4, -0.2) is 33.4 Å². The lowest BCUT2D eigenvalue weighted by Crippen LogP contribution is -2.16. The number of hydrogen-bond acceptors (Lipinski definition) is 7. The first kappa shape index (κ1) is 20.2. The molecule has 2 aromatic carbocycles. The third-order valence-corrected chi connectivity index (χ3v) is 6.37. The fourth-order valence-electron chi connectivity index (χ4n) is 2.82. The number of rotatable bonds is 7. The Bertz CT molecular complexity index is 1190. The molecule has 4 rings (SSSR count). The summed E-state index contributed by atoms with van der Waals surface area (Å²) in [6, 6.07) is 15.5. The number of imidazole rings is 1. The largest absolute Gasteiger partial charge is 0.497 e. The average Bonchev–Trinajstić information content (AvgIpc) is 3.27. The summed E-state index contributed by atoms with van der Waals surface area (Å²) in [6.07, 6.45) is 0. The molecule has 1 amide bonds. The molecule has 0 saturated carbocycles. The Morgan fingerprint density at radius 1 is 1.17 bits per heavy atom. The van der Waals surface area contributed by atoms with Crippen molar-refractivity contribution in [2.45, 2.75) is 19.0 Å². The number of aryl methyl sites for hydroxylation is 1. The van der Waals surface area contributed by atoms with E-state index in [2.05, 4.69) is 20.7 Å². The minimum atomic E-state index is -0.129. The van der Waals surface area contributed by atoms with Crippen molar-refractivity contribution in [2.75, 3.05) is 23.6 Å². The molecule has 7 nitrogen and oxygen atoms in total. The molecule has 9 heteroatoms. The Morgan fingerprint density at radius 3 is 2.73 bits per heavy atom. The van der Waals surface area contributed by atoms with Gasteiger partial charge < -0.3 is 10.1 Å². The van der Waals surface area contributed by atoms with E-state index in [9.17, 15) is 4.79 Å². The van der Waals surface area contributed by atoms with Crippen LogP contribution in [-0.2, 0) is 4.79 Å². The number of aromatic nitrogens is 3. The van der Waals surface area contributed by atoms with Crippen LogP contribution in [0.15, 0.2) is 53.7 Å². The third kappa shape index (κ3) is 4.42. The van der Waals surface area contributed by atoms with Crippen LogP contribution in [0.2, 0.25) is 0 Å². The lowest BCUT2D eigenvalue weighted by atomic mass is 10.3. The molecule has 0 bridgehead atoms. The van der Waals surface area contributed by atoms with Crippen molar-refractivity contribution < 1.29 is 9.53 Å². The molecule has 0 aliphatic heterocycles. The molecule has 4 aromatic rings. The number of ether oxygens (including phenoxy) is 1. The van der Waals surface area contributed by atoms with Gasteiger partial charge in [0, 0.05) is 0 Å². The zero-order valence-electron chi connectivity index (χ0n) is 16.8. The second kappa shape index (κ2) is 8.76. The molecule has 2 heterocycles. The first-order valence-corrected chi connectivity index (χ1v) is 11.1. The fourth-order valence-corrected chi connectivity index (χ4v) is 4.58. The van der Waals surface area contributed by atoms with Crippen LogP contribution in [0.5, 0.6) is 5.75 Å². The van der Waals surface area contributed by atoms with Crippen LogP contribution in [0.1, 0.15) is 11.4 Å². The van der Waals surface area contributed by atoms with Crippen molar-refractivity contribution in [3.8, 4) is 5.75 Å². The number of nitrogens with one attached hydrogen (secondary N) is 2. The van der Waals surface area contributed by atoms with E-state index in [0.29, 0.717) is 5.13 Å². The van der Waals surface area contributed by atoms with Gasteiger partial charge in [0.2, 0.25) is 5.91 Å². The van der Waals surface area contributed by atoms with Crippen molar-refractivity contribution >= 4 is 50.0 Å². The van der Waals surface area contributed by atoms with Crippen LogP contribution in [0.3, 0.4) is 0 Å². The quantitative estimate of drug-likeness (QED) is 0.406. The van der Waals surface area contributed by atoms with E-state index < -0.39 is 0 Å². The zero-order valence-corrected chi connectivity index (χ0v) is 18.4. The maximum Gasteiger partial charge on any atom is 0.236 e. The van der Waals surface area contributed by atoms with Crippen molar-refractivity contribution in [3.05, 3.63) is 59.9 Å². The van der Waals surface area contributed by atoms with Crippen LogP contribution in [0.25, 0.3) is 10.2 Å². The smallest absolute Gasteiger partial charge is 0.236 e. The summed E-state index contributed by atoms with van der Waals surface area (Å²) >= 11 is 2.80. The first-order valence-electron chi connectivity index (χ1n) is 9.29. The Kier molecular flexibility index (Phi) is 5.91. The van der Waals surface area contributed by atoms with Gasteiger partial charge in [-0.25, -0.2) is 14.6 Å². The molecule has 154 valence electrons. The number of fused-ring (bicyclic) bond motifs is 1. The van der Waals surface area contributed by atoms with Crippen LogP contribution >= 0.6 is 23.1 Å². The van der Waals surface area contributed by atoms with E-state index in [1.807, 2.05) is 67.1 Å². The molecule has 0 atom stereocenters. The van der Waals surface area contributed by atoms with Gasteiger partial charge in [0.25, 0.3) is 0 Å². The number of methoxy groups -OCH3 is 1. The highest BCUT2D eigenvalue weighted by atomic mass is 32.2. The normalized spacial score (nSPS) is 10.9. The predicted molar refractivity (Wildman–Crippen MR) is 123 cm³/mol. The second-order valence-corrected chi connectivity index (χ2v) is 8.54. The Balaban J connectivity index is 1.43. The number of carbonyl (C=O) groups excluding carboxylic acids is 1.